The van der Waals surface area contributed by atoms with Crippen molar-refractivity contribution in [3.8, 4) is 5.75 Å². The van der Waals surface area contributed by atoms with E-state index in [1.165, 1.54) is 24.4 Å². The van der Waals surface area contributed by atoms with E-state index in [-0.39, 0.29) is 28.7 Å². The normalized spacial score (nSPS) is 15.8. The number of nitrogens with zero attached hydrogens (tertiary/aromatic N) is 2. The molecule has 0 spiro atoms. The maximum absolute atomic E-state index is 13.4. The SMILES string of the molecule is O=C(O)C[C@H](NC(=O)CNC(=O)c1cc(NC2=NCC(F)CN2)c2cn[nH]c2c1)c1cc(Br)cc(OC(F)(F)F)c1. The molecule has 12 nitrogen and oxygen atoms in total. The van der Waals surface area contributed by atoms with Gasteiger partial charge in [0.05, 0.1) is 49.5 Å². The van der Waals surface area contributed by atoms with Gasteiger partial charge in [0.15, 0.2) is 5.96 Å². The van der Waals surface area contributed by atoms with Gasteiger partial charge in [0.2, 0.25) is 5.91 Å². The van der Waals surface area contributed by atoms with E-state index in [2.05, 4.69) is 57.1 Å². The van der Waals surface area contributed by atoms with E-state index in [4.69, 9.17) is 0 Å². The fourth-order valence-electron chi connectivity index (χ4n) is 3.93. The molecule has 1 unspecified atom stereocenters. The van der Waals surface area contributed by atoms with Crippen LogP contribution in [0.3, 0.4) is 0 Å². The maximum Gasteiger partial charge on any atom is 0.573 e. The number of H-pyrrole nitrogens is 1. The third-order valence-corrected chi connectivity index (χ3v) is 6.12. The van der Waals surface area contributed by atoms with Gasteiger partial charge in [-0.15, -0.1) is 13.2 Å². The highest BCUT2D eigenvalue weighted by atomic mass is 79.9. The van der Waals surface area contributed by atoms with Crippen LogP contribution in [-0.2, 0) is 9.59 Å². The minimum atomic E-state index is -4.99. The number of carboxylic acids is 1. The number of carbonyl (C=O) groups is 3. The number of fused-ring (bicyclic) bond motifs is 1. The number of amides is 2. The lowest BCUT2D eigenvalue weighted by atomic mass is 10.0. The minimum Gasteiger partial charge on any atom is -0.481 e. The van der Waals surface area contributed by atoms with Crippen molar-refractivity contribution in [2.75, 3.05) is 25.0 Å². The Bertz CT molecular complexity index is 1500. The van der Waals surface area contributed by atoms with Crippen LogP contribution < -0.4 is 26.0 Å². The van der Waals surface area contributed by atoms with Gasteiger partial charge in [-0.3, -0.25) is 19.5 Å². The Morgan fingerprint density at radius 1 is 1.20 bits per heavy atom. The number of ether oxygens (including phenoxy) is 1. The number of aromatic amines is 1. The second kappa shape index (κ2) is 12.4. The molecule has 0 saturated carbocycles. The number of carboxylic acid groups (broad SMARTS) is 1. The van der Waals surface area contributed by atoms with Gasteiger partial charge in [-0.1, -0.05) is 15.9 Å². The van der Waals surface area contributed by atoms with Gasteiger partial charge >= 0.3 is 12.3 Å². The fourth-order valence-corrected chi connectivity index (χ4v) is 4.42. The lowest BCUT2D eigenvalue weighted by Crippen LogP contribution is -2.41. The molecular formula is C24H22BrF4N7O5. The Morgan fingerprint density at radius 3 is 2.66 bits per heavy atom. The van der Waals surface area contributed by atoms with E-state index in [0.29, 0.717) is 22.5 Å². The summed E-state index contributed by atoms with van der Waals surface area (Å²) < 4.78 is 55.5. The first-order chi connectivity index (χ1) is 19.4. The van der Waals surface area contributed by atoms with Crippen molar-refractivity contribution in [3.63, 3.8) is 0 Å². The second-order valence-electron chi connectivity index (χ2n) is 8.82. The third kappa shape index (κ3) is 8.29. The molecule has 0 radical (unpaired) electrons. The summed E-state index contributed by atoms with van der Waals surface area (Å²) in [5.41, 5.74) is 1.07. The Morgan fingerprint density at radius 2 is 1.98 bits per heavy atom. The molecule has 6 N–H and O–H groups in total. The molecule has 2 heterocycles. The molecule has 218 valence electrons. The van der Waals surface area contributed by atoms with Gasteiger partial charge in [-0.25, -0.2) is 9.38 Å². The number of hydrogen-bond donors (Lipinski definition) is 6. The average molecular weight is 644 g/mol. The standard InChI is InChI=1S/C24H22BrF4N7O5/c25-13-1-11(2-15(5-13)41-24(27,28)29)17(6-21(38)39)34-20(37)10-30-22(40)12-3-18(16-9-33-36-19(16)4-12)35-23-31-7-14(26)8-32-23/h1-5,9,14,17H,6-8,10H2,(H,30,40)(H,33,36)(H,34,37)(H,38,39)(H2,31,32,35)/t17-/m0/s1. The molecule has 0 saturated heterocycles. The molecule has 0 fully saturated rings. The summed E-state index contributed by atoms with van der Waals surface area (Å²) >= 11 is 3.05. The van der Waals surface area contributed by atoms with Crippen molar-refractivity contribution in [2.24, 2.45) is 4.99 Å². The molecule has 1 aromatic heterocycles. The quantitative estimate of drug-likeness (QED) is 0.193. The topological polar surface area (TPSA) is 170 Å². The second-order valence-corrected chi connectivity index (χ2v) is 9.73. The third-order valence-electron chi connectivity index (χ3n) is 5.67. The predicted octanol–water partition coefficient (Wildman–Crippen LogP) is 3.00. The molecule has 0 bridgehead atoms. The molecule has 1 aliphatic heterocycles. The smallest absolute Gasteiger partial charge is 0.481 e. The number of aromatic nitrogens is 2. The molecule has 17 heteroatoms. The number of hydrogen-bond acceptors (Lipinski definition) is 8. The molecule has 2 aromatic carbocycles. The van der Waals surface area contributed by atoms with E-state index < -0.39 is 55.1 Å². The summed E-state index contributed by atoms with van der Waals surface area (Å²) in [6, 6.07) is 5.06. The number of halogens is 5. The summed E-state index contributed by atoms with van der Waals surface area (Å²) in [4.78, 5) is 41.0. The van der Waals surface area contributed by atoms with E-state index in [1.807, 2.05) is 0 Å². The van der Waals surface area contributed by atoms with Crippen molar-refractivity contribution >= 4 is 56.3 Å². The number of nitrogens with one attached hydrogen (secondary N) is 5. The molecule has 0 aliphatic carbocycles. The summed E-state index contributed by atoms with van der Waals surface area (Å²) in [6.45, 7) is -0.543. The van der Waals surface area contributed by atoms with Crippen molar-refractivity contribution in [1.29, 1.82) is 0 Å². The Kier molecular flexibility index (Phi) is 8.95. The number of alkyl halides is 4. The number of rotatable bonds is 9. The lowest BCUT2D eigenvalue weighted by molar-refractivity contribution is -0.274. The van der Waals surface area contributed by atoms with Crippen molar-refractivity contribution < 1.29 is 41.8 Å². The molecule has 3 aromatic rings. The average Bonchev–Trinajstić information content (AvgIpc) is 3.36. The molecular weight excluding hydrogens is 622 g/mol. The van der Waals surface area contributed by atoms with Crippen molar-refractivity contribution in [1.82, 2.24) is 26.1 Å². The van der Waals surface area contributed by atoms with Gasteiger partial charge in [-0.05, 0) is 35.9 Å². The van der Waals surface area contributed by atoms with Crippen LogP contribution in [0, 0.1) is 0 Å². The van der Waals surface area contributed by atoms with Crippen LogP contribution in [0.2, 0.25) is 0 Å². The molecule has 1 aliphatic rings. The van der Waals surface area contributed by atoms with E-state index in [1.54, 1.807) is 0 Å². The van der Waals surface area contributed by atoms with Gasteiger partial charge in [-0.2, -0.15) is 5.10 Å². The van der Waals surface area contributed by atoms with E-state index >= 15 is 0 Å². The van der Waals surface area contributed by atoms with Crippen molar-refractivity contribution in [2.45, 2.75) is 25.0 Å². The van der Waals surface area contributed by atoms with E-state index in [9.17, 15) is 37.1 Å². The van der Waals surface area contributed by atoms with Crippen LogP contribution in [0.25, 0.3) is 10.9 Å². The largest absolute Gasteiger partial charge is 0.573 e. The van der Waals surface area contributed by atoms with Crippen LogP contribution in [0.1, 0.15) is 28.4 Å². The number of carbonyl (C=O) groups excluding carboxylic acids is 2. The van der Waals surface area contributed by atoms with Crippen LogP contribution in [0.4, 0.5) is 23.2 Å². The fraction of sp³-hybridized carbons (Fsp3) is 0.292. The molecule has 41 heavy (non-hydrogen) atoms. The number of benzene rings is 2. The first-order valence-corrected chi connectivity index (χ1v) is 12.7. The number of aliphatic imine (C=N–C) groups is 1. The Balaban J connectivity index is 1.45. The Hall–Kier alpha value is -4.41. The first-order valence-electron chi connectivity index (χ1n) is 11.9. The minimum absolute atomic E-state index is 0.0273. The highest BCUT2D eigenvalue weighted by Gasteiger charge is 2.32. The molecule has 4 rings (SSSR count). The zero-order valence-electron chi connectivity index (χ0n) is 20.8. The zero-order valence-corrected chi connectivity index (χ0v) is 22.4. The van der Waals surface area contributed by atoms with Crippen LogP contribution in [-0.4, -0.2) is 71.2 Å². The van der Waals surface area contributed by atoms with Gasteiger partial charge in [0.1, 0.15) is 11.9 Å². The monoisotopic (exact) mass is 643 g/mol. The number of guanidine groups is 1. The summed E-state index contributed by atoms with van der Waals surface area (Å²) in [7, 11) is 0. The summed E-state index contributed by atoms with van der Waals surface area (Å²) in [6.07, 6.45) is -5.25. The first kappa shape index (κ1) is 29.6. The number of aliphatic carboxylic acids is 1. The highest BCUT2D eigenvalue weighted by Crippen LogP contribution is 2.31. The van der Waals surface area contributed by atoms with Gasteiger partial charge < -0.3 is 31.1 Å². The molecule has 2 atom stereocenters. The van der Waals surface area contributed by atoms with Gasteiger partial charge in [0.25, 0.3) is 5.91 Å². The maximum atomic E-state index is 13.4. The van der Waals surface area contributed by atoms with Crippen LogP contribution in [0.5, 0.6) is 5.75 Å². The lowest BCUT2D eigenvalue weighted by Gasteiger charge is -2.20. The molecule has 2 amide bonds. The Labute approximate surface area is 237 Å². The number of anilines is 1. The van der Waals surface area contributed by atoms with E-state index in [0.717, 1.165) is 12.1 Å². The van der Waals surface area contributed by atoms with Crippen LogP contribution >= 0.6 is 15.9 Å². The highest BCUT2D eigenvalue weighted by molar-refractivity contribution is 9.10. The predicted molar refractivity (Wildman–Crippen MR) is 141 cm³/mol. The van der Waals surface area contributed by atoms with Crippen LogP contribution in [0.15, 0.2) is 46.0 Å². The van der Waals surface area contributed by atoms with Gasteiger partial charge in [0, 0.05) is 15.4 Å². The van der Waals surface area contributed by atoms with Crippen molar-refractivity contribution in [3.05, 3.63) is 52.1 Å². The summed E-state index contributed by atoms with van der Waals surface area (Å²) in [5, 5.41) is 27.2. The summed E-state index contributed by atoms with van der Waals surface area (Å²) in [5.74, 6) is -3.10. The zero-order chi connectivity index (χ0) is 29.7.